The third kappa shape index (κ3) is 5.28. The molecule has 0 amide bonds. The summed E-state index contributed by atoms with van der Waals surface area (Å²) >= 11 is 0. The van der Waals surface area contributed by atoms with Gasteiger partial charge in [0, 0.05) is 44.5 Å². The highest BCUT2D eigenvalue weighted by molar-refractivity contribution is 6.19. The zero-order valence-corrected chi connectivity index (χ0v) is 29.8. The van der Waals surface area contributed by atoms with Crippen molar-refractivity contribution in [3.05, 3.63) is 200 Å². The van der Waals surface area contributed by atoms with Crippen LogP contribution in [0.25, 0.3) is 88.0 Å². The van der Waals surface area contributed by atoms with Crippen LogP contribution in [0.1, 0.15) is 0 Å². The number of rotatable bonds is 6. The Bertz CT molecular complexity index is 3210. The number of benzene rings is 9. The number of para-hydroxylation sites is 3. The van der Waals surface area contributed by atoms with Gasteiger partial charge in [-0.3, -0.25) is 0 Å². The van der Waals surface area contributed by atoms with Gasteiger partial charge in [0.1, 0.15) is 22.3 Å². The minimum absolute atomic E-state index is 0.864. The van der Waals surface area contributed by atoms with Crippen molar-refractivity contribution in [2.75, 3.05) is 4.90 Å². The normalized spacial score (nSPS) is 11.6. The molecule has 0 saturated heterocycles. The largest absolute Gasteiger partial charge is 0.456 e. The van der Waals surface area contributed by atoms with Crippen LogP contribution in [-0.4, -0.2) is 0 Å². The molecule has 3 nitrogen and oxygen atoms in total. The lowest BCUT2D eigenvalue weighted by molar-refractivity contribution is 0.668. The predicted octanol–water partition coefficient (Wildman–Crippen LogP) is 15.1. The second kappa shape index (κ2) is 12.6. The summed E-state index contributed by atoms with van der Waals surface area (Å²) in [6, 6.07) is 71.0. The molecule has 0 bridgehead atoms. The maximum absolute atomic E-state index is 6.40. The first-order valence-corrected chi connectivity index (χ1v) is 18.7. The second-order valence-corrected chi connectivity index (χ2v) is 14.1. The van der Waals surface area contributed by atoms with Crippen molar-refractivity contribution in [1.29, 1.82) is 0 Å². The Morgan fingerprint density at radius 2 is 0.909 bits per heavy atom. The van der Waals surface area contributed by atoms with Gasteiger partial charge in [-0.2, -0.15) is 0 Å². The van der Waals surface area contributed by atoms with Gasteiger partial charge in [0.25, 0.3) is 0 Å². The first-order valence-electron chi connectivity index (χ1n) is 18.7. The molecule has 0 spiro atoms. The Morgan fingerprint density at radius 3 is 1.75 bits per heavy atom. The van der Waals surface area contributed by atoms with Crippen molar-refractivity contribution in [2.24, 2.45) is 0 Å². The molecule has 0 N–H and O–H groups in total. The molecule has 9 aromatic carbocycles. The van der Waals surface area contributed by atoms with Gasteiger partial charge in [0.2, 0.25) is 0 Å². The molecule has 258 valence electrons. The molecule has 0 aliphatic rings. The molecule has 11 aromatic rings. The van der Waals surface area contributed by atoms with E-state index in [0.717, 1.165) is 77.8 Å². The fraction of sp³-hybridized carbons (Fsp3) is 0. The first kappa shape index (κ1) is 31.2. The van der Waals surface area contributed by atoms with Gasteiger partial charge in [0.05, 0.1) is 5.69 Å². The molecule has 2 heterocycles. The van der Waals surface area contributed by atoms with Crippen LogP contribution in [0.15, 0.2) is 209 Å². The van der Waals surface area contributed by atoms with Crippen molar-refractivity contribution in [2.45, 2.75) is 0 Å². The van der Waals surface area contributed by atoms with E-state index in [1.54, 1.807) is 0 Å². The molecule has 0 atom stereocenters. The van der Waals surface area contributed by atoms with Crippen LogP contribution in [0.5, 0.6) is 0 Å². The second-order valence-electron chi connectivity index (χ2n) is 14.1. The smallest absolute Gasteiger partial charge is 0.137 e. The van der Waals surface area contributed by atoms with Gasteiger partial charge in [-0.05, 0) is 93.2 Å². The van der Waals surface area contributed by atoms with Crippen LogP contribution in [0.3, 0.4) is 0 Å². The van der Waals surface area contributed by atoms with Gasteiger partial charge in [-0.1, -0.05) is 140 Å². The lowest BCUT2D eigenvalue weighted by Crippen LogP contribution is -2.11. The number of hydrogen-bond donors (Lipinski definition) is 0. The van der Waals surface area contributed by atoms with Crippen molar-refractivity contribution in [3.63, 3.8) is 0 Å². The molecule has 2 aromatic heterocycles. The third-order valence-electron chi connectivity index (χ3n) is 10.9. The van der Waals surface area contributed by atoms with Gasteiger partial charge in [-0.25, -0.2) is 0 Å². The molecule has 0 radical (unpaired) electrons. The van der Waals surface area contributed by atoms with Gasteiger partial charge in [-0.15, -0.1) is 0 Å². The highest BCUT2D eigenvalue weighted by Gasteiger charge is 2.19. The quantitative estimate of drug-likeness (QED) is 0.173. The van der Waals surface area contributed by atoms with Crippen molar-refractivity contribution >= 4 is 71.7 Å². The standard InChI is InChI=1S/C52H33NO2/c1-2-11-36(12-3-1)42-15-4-7-18-47(42)53(41-28-29-44-43-16-5-8-19-48(43)55-51(44)33-41)40-14-10-13-38(31-40)34-21-23-35(24-22-34)39-26-25-37-27-30-50-52(46(37)32-39)45-17-6-9-20-49(45)54-50/h1-33H. The number of hydrogen-bond acceptors (Lipinski definition) is 3. The zero-order chi connectivity index (χ0) is 36.3. The Morgan fingerprint density at radius 1 is 0.309 bits per heavy atom. The Balaban J connectivity index is 1.01. The monoisotopic (exact) mass is 703 g/mol. The molecule has 0 aliphatic heterocycles. The third-order valence-corrected chi connectivity index (χ3v) is 10.9. The highest BCUT2D eigenvalue weighted by atomic mass is 16.3. The number of furan rings is 2. The van der Waals surface area contributed by atoms with E-state index in [0.29, 0.717) is 0 Å². The van der Waals surface area contributed by atoms with E-state index >= 15 is 0 Å². The van der Waals surface area contributed by atoms with Crippen LogP contribution in [-0.2, 0) is 0 Å². The maximum Gasteiger partial charge on any atom is 0.137 e. The summed E-state index contributed by atoms with van der Waals surface area (Å²) in [4.78, 5) is 2.35. The van der Waals surface area contributed by atoms with Crippen molar-refractivity contribution in [1.82, 2.24) is 0 Å². The molecule has 0 saturated carbocycles. The molecule has 3 heteroatoms. The van der Waals surface area contributed by atoms with E-state index in [1.807, 2.05) is 24.3 Å². The topological polar surface area (TPSA) is 29.5 Å². The Hall–Kier alpha value is -7.36. The van der Waals surface area contributed by atoms with Gasteiger partial charge >= 0.3 is 0 Å². The van der Waals surface area contributed by atoms with Crippen molar-refractivity contribution < 1.29 is 8.83 Å². The SMILES string of the molecule is c1ccc(-c2ccccc2N(c2cccc(-c3ccc(-c4ccc5ccc6oc7ccccc7c6c5c4)cc3)c2)c2ccc3c(c2)oc2ccccc23)cc1. The Kier molecular flexibility index (Phi) is 7.17. The van der Waals surface area contributed by atoms with E-state index < -0.39 is 0 Å². The minimum atomic E-state index is 0.864. The molecule has 55 heavy (non-hydrogen) atoms. The van der Waals surface area contributed by atoms with E-state index in [9.17, 15) is 0 Å². The van der Waals surface area contributed by atoms with E-state index in [4.69, 9.17) is 8.83 Å². The minimum Gasteiger partial charge on any atom is -0.456 e. The van der Waals surface area contributed by atoms with Crippen LogP contribution >= 0.6 is 0 Å². The summed E-state index contributed by atoms with van der Waals surface area (Å²) in [5, 5.41) is 6.95. The van der Waals surface area contributed by atoms with Crippen LogP contribution in [0.4, 0.5) is 17.1 Å². The number of fused-ring (bicyclic) bond motifs is 8. The van der Waals surface area contributed by atoms with Crippen LogP contribution in [0.2, 0.25) is 0 Å². The predicted molar refractivity (Wildman–Crippen MR) is 229 cm³/mol. The average Bonchev–Trinajstić information content (AvgIpc) is 3.83. The first-order chi connectivity index (χ1) is 27.2. The van der Waals surface area contributed by atoms with E-state index in [2.05, 4.69) is 181 Å². The van der Waals surface area contributed by atoms with Gasteiger partial charge < -0.3 is 13.7 Å². The molecule has 0 fully saturated rings. The Labute approximate surface area is 317 Å². The summed E-state index contributed by atoms with van der Waals surface area (Å²) in [6.07, 6.45) is 0. The molecular weight excluding hydrogens is 671 g/mol. The number of nitrogens with zero attached hydrogens (tertiary/aromatic N) is 1. The summed E-state index contributed by atoms with van der Waals surface area (Å²) in [5.74, 6) is 0. The molecular formula is C52H33NO2. The van der Waals surface area contributed by atoms with Gasteiger partial charge in [0.15, 0.2) is 0 Å². The summed E-state index contributed by atoms with van der Waals surface area (Å²) in [5.41, 5.74) is 13.7. The fourth-order valence-electron chi connectivity index (χ4n) is 8.21. The average molecular weight is 704 g/mol. The highest BCUT2D eigenvalue weighted by Crippen LogP contribution is 2.44. The summed E-state index contributed by atoms with van der Waals surface area (Å²) in [7, 11) is 0. The molecule has 0 unspecified atom stereocenters. The van der Waals surface area contributed by atoms with Crippen LogP contribution in [0, 0.1) is 0 Å². The lowest BCUT2D eigenvalue weighted by atomic mass is 9.96. The fourth-order valence-corrected chi connectivity index (χ4v) is 8.21. The lowest BCUT2D eigenvalue weighted by Gasteiger charge is -2.28. The molecule has 11 rings (SSSR count). The molecule has 0 aliphatic carbocycles. The summed E-state index contributed by atoms with van der Waals surface area (Å²) in [6.45, 7) is 0. The van der Waals surface area contributed by atoms with E-state index in [1.165, 1.54) is 27.3 Å². The summed E-state index contributed by atoms with van der Waals surface area (Å²) < 4.78 is 12.6. The van der Waals surface area contributed by atoms with Crippen LogP contribution < -0.4 is 4.90 Å². The van der Waals surface area contributed by atoms with E-state index in [-0.39, 0.29) is 0 Å². The maximum atomic E-state index is 6.40. The number of anilines is 3. The zero-order valence-electron chi connectivity index (χ0n) is 29.8. The van der Waals surface area contributed by atoms with Crippen molar-refractivity contribution in [3.8, 4) is 33.4 Å².